The summed E-state index contributed by atoms with van der Waals surface area (Å²) in [7, 11) is -8.57. The van der Waals surface area contributed by atoms with Crippen LogP contribution in [0.3, 0.4) is 0 Å². The van der Waals surface area contributed by atoms with Gasteiger partial charge in [0.25, 0.3) is 0 Å². The zero-order chi connectivity index (χ0) is 38.8. The van der Waals surface area contributed by atoms with Gasteiger partial charge in [-0.3, -0.25) is 9.59 Å². The lowest BCUT2D eigenvalue weighted by molar-refractivity contribution is -0.143. The molecule has 0 N–H and O–H groups in total. The van der Waals surface area contributed by atoms with E-state index in [-0.39, 0.29) is 51.5 Å². The SMILES string of the molecule is C=C(C)CCC[C@H](C)[C@H](O[Si](C)(C)C(C)(C)C)[C@@H](C)C(=O)C(C)(C)[C@H](CC(=O)N1[C@@H]2C[C@H]3CC[C@]2(CS1(=O)=O)C3(C)C)O[Si](C)(C)C(C)(C)C. The number of allylic oxidation sites excluding steroid dienone is 1. The summed E-state index contributed by atoms with van der Waals surface area (Å²) in [4.78, 5) is 29.6. The van der Waals surface area contributed by atoms with Crippen LogP contribution in [0.25, 0.3) is 0 Å². The number of hydrogen-bond acceptors (Lipinski definition) is 6. The molecule has 2 saturated carbocycles. The molecule has 290 valence electrons. The normalized spacial score (nSPS) is 27.5. The van der Waals surface area contributed by atoms with Crippen molar-refractivity contribution in [3.8, 4) is 0 Å². The van der Waals surface area contributed by atoms with Gasteiger partial charge in [0.15, 0.2) is 16.6 Å². The van der Waals surface area contributed by atoms with Crippen LogP contribution in [0.15, 0.2) is 12.2 Å². The third kappa shape index (κ3) is 8.00. The molecular weight excluding hydrogens is 679 g/mol. The van der Waals surface area contributed by atoms with E-state index >= 15 is 4.79 Å². The molecule has 1 heterocycles. The van der Waals surface area contributed by atoms with Crippen molar-refractivity contribution < 1.29 is 26.9 Å². The fraction of sp³-hybridized carbons (Fsp3) is 0.900. The van der Waals surface area contributed by atoms with Crippen molar-refractivity contribution in [1.29, 1.82) is 0 Å². The molecule has 7 nitrogen and oxygen atoms in total. The second-order valence-electron chi connectivity index (χ2n) is 20.9. The zero-order valence-corrected chi connectivity index (χ0v) is 37.9. The standard InChI is InChI=1S/C40H75NO6SSi2/c1-27(2)20-19-21-28(3)34(47-50(17,18)37(8,9)10)29(4)35(43)38(11,12)32(46-49(15,16)36(5,6)7)25-33(42)41-31-24-30-22-23-40(31,39(30,13)14)26-48(41,44)45/h28-32,34H,1,19-26H2,2-18H3/t28-,29+,30+,31+,32-,34-,40+/m0/s1. The van der Waals surface area contributed by atoms with Gasteiger partial charge >= 0.3 is 0 Å². The number of rotatable bonds is 15. The molecule has 3 rings (SSSR count). The molecule has 2 bridgehead atoms. The summed E-state index contributed by atoms with van der Waals surface area (Å²) >= 11 is 0. The molecule has 10 heteroatoms. The number of carbonyl (C=O) groups is 2. The highest BCUT2D eigenvalue weighted by Gasteiger charge is 2.72. The first-order chi connectivity index (χ1) is 22.3. The predicted octanol–water partition coefficient (Wildman–Crippen LogP) is 10.1. The Morgan fingerprint density at radius 3 is 1.94 bits per heavy atom. The maximum Gasteiger partial charge on any atom is 0.238 e. The van der Waals surface area contributed by atoms with E-state index in [4.69, 9.17) is 8.85 Å². The van der Waals surface area contributed by atoms with Gasteiger partial charge in [0.2, 0.25) is 15.9 Å². The van der Waals surface area contributed by atoms with E-state index in [1.54, 1.807) is 0 Å². The molecule has 1 amide bonds. The van der Waals surface area contributed by atoms with Crippen molar-refractivity contribution in [2.75, 3.05) is 5.75 Å². The van der Waals surface area contributed by atoms with E-state index in [9.17, 15) is 13.2 Å². The van der Waals surface area contributed by atoms with Gasteiger partial charge in [0.1, 0.15) is 5.78 Å². The summed E-state index contributed by atoms with van der Waals surface area (Å²) in [6, 6.07) is -0.317. The smallest absolute Gasteiger partial charge is 0.238 e. The van der Waals surface area contributed by atoms with Crippen LogP contribution in [0, 0.1) is 34.0 Å². The molecule has 0 radical (unpaired) electrons. The van der Waals surface area contributed by atoms with Crippen molar-refractivity contribution in [1.82, 2.24) is 4.31 Å². The Morgan fingerprint density at radius 1 is 0.940 bits per heavy atom. The summed E-state index contributed by atoms with van der Waals surface area (Å²) in [5.74, 6) is -0.299. The number of sulfonamides is 1. The van der Waals surface area contributed by atoms with E-state index < -0.39 is 55.4 Å². The Morgan fingerprint density at radius 2 is 1.46 bits per heavy atom. The third-order valence-electron chi connectivity index (χ3n) is 14.7. The lowest BCUT2D eigenvalue weighted by Gasteiger charge is -2.46. The van der Waals surface area contributed by atoms with E-state index in [0.29, 0.717) is 5.92 Å². The molecule has 3 aliphatic rings. The van der Waals surface area contributed by atoms with E-state index in [2.05, 4.69) is 102 Å². The largest absolute Gasteiger partial charge is 0.413 e. The van der Waals surface area contributed by atoms with Gasteiger partial charge < -0.3 is 8.85 Å². The Hall–Kier alpha value is -0.816. The molecule has 2 aliphatic carbocycles. The highest BCUT2D eigenvalue weighted by Crippen LogP contribution is 2.70. The van der Waals surface area contributed by atoms with E-state index in [1.807, 2.05) is 20.8 Å². The number of ketones is 1. The summed E-state index contributed by atoms with van der Waals surface area (Å²) in [5, 5.41) is -0.211. The number of fused-ring (bicyclic) bond motifs is 1. The molecule has 0 unspecified atom stereocenters. The van der Waals surface area contributed by atoms with Gasteiger partial charge in [-0.2, -0.15) is 0 Å². The summed E-state index contributed by atoms with van der Waals surface area (Å²) in [5.41, 5.74) is -0.468. The third-order valence-corrected chi connectivity index (χ3v) is 25.6. The van der Waals surface area contributed by atoms with Crippen molar-refractivity contribution >= 4 is 38.3 Å². The maximum absolute atomic E-state index is 15.0. The number of nitrogens with zero attached hydrogens (tertiary/aromatic N) is 1. The van der Waals surface area contributed by atoms with Crippen molar-refractivity contribution in [3.63, 3.8) is 0 Å². The average molecular weight is 754 g/mol. The minimum atomic E-state index is -3.80. The molecule has 1 saturated heterocycles. The van der Waals surface area contributed by atoms with Gasteiger partial charge in [-0.25, -0.2) is 12.7 Å². The van der Waals surface area contributed by atoms with Gasteiger partial charge in [-0.15, -0.1) is 6.58 Å². The molecule has 3 fully saturated rings. The first-order valence-electron chi connectivity index (χ1n) is 19.4. The van der Waals surface area contributed by atoms with E-state index in [1.165, 1.54) is 4.31 Å². The zero-order valence-electron chi connectivity index (χ0n) is 35.1. The van der Waals surface area contributed by atoms with Crippen LogP contribution < -0.4 is 0 Å². The summed E-state index contributed by atoms with van der Waals surface area (Å²) in [6.07, 6.45) is 4.19. The Bertz CT molecular complexity index is 1410. The number of hydrogen-bond donors (Lipinski definition) is 0. The second kappa shape index (κ2) is 14.1. The number of amides is 1. The minimum absolute atomic E-state index is 0.00581. The average Bonchev–Trinajstić information content (AvgIpc) is 3.41. The molecule has 1 aliphatic heterocycles. The van der Waals surface area contributed by atoms with Crippen molar-refractivity contribution in [2.24, 2.45) is 34.0 Å². The quantitative estimate of drug-likeness (QED) is 0.122. The van der Waals surface area contributed by atoms with Crippen LogP contribution in [0.2, 0.25) is 36.3 Å². The lowest BCUT2D eigenvalue weighted by Crippen LogP contribution is -2.55. The van der Waals surface area contributed by atoms with Crippen LogP contribution in [-0.4, -0.2) is 65.1 Å². The van der Waals surface area contributed by atoms with Gasteiger partial charge in [0, 0.05) is 16.7 Å². The van der Waals surface area contributed by atoms with Crippen molar-refractivity contribution in [3.05, 3.63) is 12.2 Å². The number of carbonyl (C=O) groups excluding carboxylic acids is 2. The molecular formula is C40H75NO6SSi2. The summed E-state index contributed by atoms with van der Waals surface area (Å²) in [6.45, 7) is 40.4. The highest BCUT2D eigenvalue weighted by atomic mass is 32.2. The van der Waals surface area contributed by atoms with Crippen LogP contribution in [0.4, 0.5) is 0 Å². The summed E-state index contributed by atoms with van der Waals surface area (Å²) < 4.78 is 43.3. The van der Waals surface area contributed by atoms with Crippen LogP contribution in [0.1, 0.15) is 135 Å². The first-order valence-corrected chi connectivity index (χ1v) is 26.8. The molecule has 1 spiro atoms. The Labute approximate surface area is 309 Å². The lowest BCUT2D eigenvalue weighted by atomic mass is 9.69. The molecule has 7 atom stereocenters. The van der Waals surface area contributed by atoms with Crippen LogP contribution in [0.5, 0.6) is 0 Å². The minimum Gasteiger partial charge on any atom is -0.413 e. The predicted molar refractivity (Wildman–Crippen MR) is 213 cm³/mol. The monoisotopic (exact) mass is 753 g/mol. The van der Waals surface area contributed by atoms with Gasteiger partial charge in [0.05, 0.1) is 30.4 Å². The Balaban J connectivity index is 2.02. The highest BCUT2D eigenvalue weighted by molar-refractivity contribution is 7.90. The first kappa shape index (κ1) is 43.6. The molecule has 0 aromatic heterocycles. The topological polar surface area (TPSA) is 90.0 Å². The molecule has 50 heavy (non-hydrogen) atoms. The van der Waals surface area contributed by atoms with Gasteiger partial charge in [-0.1, -0.05) is 88.7 Å². The molecule has 0 aromatic carbocycles. The molecule has 0 aromatic rings. The van der Waals surface area contributed by atoms with Crippen LogP contribution in [-0.2, 0) is 28.5 Å². The maximum atomic E-state index is 15.0. The Kier molecular flexibility index (Phi) is 12.3. The number of Topliss-reactive ketones (excluding diaryl/α,β-unsaturated/α-hetero) is 1. The van der Waals surface area contributed by atoms with Crippen LogP contribution >= 0.6 is 0 Å². The van der Waals surface area contributed by atoms with Gasteiger partial charge in [-0.05, 0) is 99.0 Å². The fourth-order valence-corrected chi connectivity index (χ4v) is 14.3. The van der Waals surface area contributed by atoms with Crippen molar-refractivity contribution in [2.45, 2.75) is 189 Å². The van der Waals surface area contributed by atoms with E-state index in [0.717, 1.165) is 44.1 Å². The fourth-order valence-electron chi connectivity index (χ4n) is 8.86. The second-order valence-corrected chi connectivity index (χ2v) is 32.3.